The summed E-state index contributed by atoms with van der Waals surface area (Å²) in [6.07, 6.45) is 8.01. The van der Waals surface area contributed by atoms with E-state index in [0.717, 1.165) is 43.1 Å². The van der Waals surface area contributed by atoms with Crippen LogP contribution in [0.15, 0.2) is 36.9 Å². The molecule has 0 unspecified atom stereocenters. The van der Waals surface area contributed by atoms with E-state index in [2.05, 4.69) is 27.0 Å². The maximum absolute atomic E-state index is 6.10. The molecule has 1 aromatic heterocycles. The van der Waals surface area contributed by atoms with E-state index in [9.17, 15) is 0 Å². The first-order valence-electron chi connectivity index (χ1n) is 6.67. The maximum Gasteiger partial charge on any atom is 0.0945 e. The molecule has 0 aliphatic rings. The van der Waals surface area contributed by atoms with Crippen molar-refractivity contribution in [1.82, 2.24) is 14.9 Å². The molecule has 1 N–H and O–H groups in total. The lowest BCUT2D eigenvalue weighted by Gasteiger charge is -2.07. The topological polar surface area (TPSA) is 29.9 Å². The zero-order chi connectivity index (χ0) is 13.5. The summed E-state index contributed by atoms with van der Waals surface area (Å²) in [6.45, 7) is 4.97. The van der Waals surface area contributed by atoms with E-state index in [4.69, 9.17) is 11.6 Å². The summed E-state index contributed by atoms with van der Waals surface area (Å²) >= 11 is 6.10. The van der Waals surface area contributed by atoms with E-state index in [1.165, 1.54) is 5.56 Å². The second-order valence-corrected chi connectivity index (χ2v) is 5.18. The second-order valence-electron chi connectivity index (χ2n) is 4.77. The molecule has 3 nitrogen and oxygen atoms in total. The molecule has 0 saturated carbocycles. The summed E-state index contributed by atoms with van der Waals surface area (Å²) in [4.78, 5) is 4.03. The third-order valence-corrected chi connectivity index (χ3v) is 3.55. The van der Waals surface area contributed by atoms with Crippen molar-refractivity contribution in [2.45, 2.75) is 32.9 Å². The molecule has 0 saturated heterocycles. The zero-order valence-electron chi connectivity index (χ0n) is 11.3. The number of hydrogen-bond donors (Lipinski definition) is 1. The molecule has 0 spiro atoms. The van der Waals surface area contributed by atoms with Gasteiger partial charge in [-0.1, -0.05) is 23.7 Å². The number of halogens is 1. The molecule has 2 rings (SSSR count). The number of nitrogens with zero attached hydrogens (tertiary/aromatic N) is 2. The fourth-order valence-corrected chi connectivity index (χ4v) is 2.15. The van der Waals surface area contributed by atoms with Gasteiger partial charge in [-0.3, -0.25) is 0 Å². The number of unbranched alkanes of at least 4 members (excludes halogenated alkanes) is 1. The molecule has 0 atom stereocenters. The first-order valence-corrected chi connectivity index (χ1v) is 7.05. The molecular weight excluding hydrogens is 258 g/mol. The van der Waals surface area contributed by atoms with Crippen molar-refractivity contribution >= 4 is 11.6 Å². The normalized spacial score (nSPS) is 10.8. The van der Waals surface area contributed by atoms with Crippen LogP contribution < -0.4 is 5.32 Å². The van der Waals surface area contributed by atoms with E-state index >= 15 is 0 Å². The largest absolute Gasteiger partial charge is 0.337 e. The third-order valence-electron chi connectivity index (χ3n) is 3.14. The van der Waals surface area contributed by atoms with Crippen molar-refractivity contribution in [3.8, 4) is 0 Å². The van der Waals surface area contributed by atoms with Crippen LogP contribution in [-0.4, -0.2) is 16.1 Å². The van der Waals surface area contributed by atoms with Gasteiger partial charge in [0.1, 0.15) is 0 Å². The van der Waals surface area contributed by atoms with Crippen LogP contribution in [0.3, 0.4) is 0 Å². The van der Waals surface area contributed by atoms with Crippen LogP contribution in [0.1, 0.15) is 24.0 Å². The molecule has 0 amide bonds. The summed E-state index contributed by atoms with van der Waals surface area (Å²) in [6, 6.07) is 6.23. The molecular formula is C15H20ClN3. The van der Waals surface area contributed by atoms with Crippen molar-refractivity contribution in [2.24, 2.45) is 0 Å². The summed E-state index contributed by atoms with van der Waals surface area (Å²) in [5.41, 5.74) is 2.37. The predicted molar refractivity (Wildman–Crippen MR) is 79.4 cm³/mol. The molecule has 0 bridgehead atoms. The van der Waals surface area contributed by atoms with Crippen molar-refractivity contribution in [3.63, 3.8) is 0 Å². The summed E-state index contributed by atoms with van der Waals surface area (Å²) in [7, 11) is 0. The van der Waals surface area contributed by atoms with E-state index in [1.807, 2.05) is 31.7 Å². The van der Waals surface area contributed by atoms with Gasteiger partial charge in [-0.05, 0) is 43.5 Å². The quantitative estimate of drug-likeness (QED) is 0.786. The lowest BCUT2D eigenvalue weighted by atomic mass is 10.1. The van der Waals surface area contributed by atoms with Crippen molar-refractivity contribution in [1.29, 1.82) is 0 Å². The average molecular weight is 278 g/mol. The highest BCUT2D eigenvalue weighted by Crippen LogP contribution is 2.16. The number of imidazole rings is 1. The molecule has 0 fully saturated rings. The minimum Gasteiger partial charge on any atom is -0.337 e. The van der Waals surface area contributed by atoms with Crippen LogP contribution in [0.25, 0.3) is 0 Å². The van der Waals surface area contributed by atoms with Gasteiger partial charge in [0.25, 0.3) is 0 Å². The Morgan fingerprint density at radius 2 is 2.21 bits per heavy atom. The molecule has 0 radical (unpaired) electrons. The van der Waals surface area contributed by atoms with Crippen molar-refractivity contribution in [2.75, 3.05) is 6.54 Å². The Morgan fingerprint density at radius 3 is 2.95 bits per heavy atom. The number of nitrogens with one attached hydrogen (secondary N) is 1. The highest BCUT2D eigenvalue weighted by atomic mass is 35.5. The van der Waals surface area contributed by atoms with E-state index < -0.39 is 0 Å². The zero-order valence-corrected chi connectivity index (χ0v) is 12.0. The Balaban J connectivity index is 1.60. The highest BCUT2D eigenvalue weighted by Gasteiger charge is 1.97. The summed E-state index contributed by atoms with van der Waals surface area (Å²) in [5, 5.41) is 4.29. The standard InChI is InChI=1S/C15H20ClN3/c1-13-4-5-14(10-15(13)16)11-17-6-2-3-8-19-9-7-18-12-19/h4-5,7,9-10,12,17H,2-3,6,8,11H2,1H3. The van der Waals surface area contributed by atoms with Gasteiger partial charge in [0.15, 0.2) is 0 Å². The van der Waals surface area contributed by atoms with Crippen LogP contribution in [-0.2, 0) is 13.1 Å². The predicted octanol–water partition coefficient (Wildman–Crippen LogP) is 3.41. The van der Waals surface area contributed by atoms with Crippen LogP contribution in [0.5, 0.6) is 0 Å². The molecule has 2 aromatic rings. The Morgan fingerprint density at radius 1 is 1.32 bits per heavy atom. The van der Waals surface area contributed by atoms with Crippen LogP contribution in [0.4, 0.5) is 0 Å². The molecule has 4 heteroatoms. The van der Waals surface area contributed by atoms with Gasteiger partial charge in [-0.2, -0.15) is 0 Å². The fourth-order valence-electron chi connectivity index (χ4n) is 1.94. The minimum atomic E-state index is 0.847. The molecule has 0 aliphatic carbocycles. The Labute approximate surface area is 119 Å². The van der Waals surface area contributed by atoms with Gasteiger partial charge in [0, 0.05) is 30.5 Å². The number of hydrogen-bond acceptors (Lipinski definition) is 2. The first kappa shape index (κ1) is 14.1. The second kappa shape index (κ2) is 7.31. The number of benzene rings is 1. The average Bonchev–Trinajstić information content (AvgIpc) is 2.91. The minimum absolute atomic E-state index is 0.847. The van der Waals surface area contributed by atoms with Crippen LogP contribution >= 0.6 is 11.6 Å². The van der Waals surface area contributed by atoms with Crippen molar-refractivity contribution < 1.29 is 0 Å². The summed E-state index contributed by atoms with van der Waals surface area (Å²) in [5.74, 6) is 0. The van der Waals surface area contributed by atoms with Crippen LogP contribution in [0, 0.1) is 6.92 Å². The summed E-state index contributed by atoms with van der Waals surface area (Å²) < 4.78 is 2.11. The highest BCUT2D eigenvalue weighted by molar-refractivity contribution is 6.31. The van der Waals surface area contributed by atoms with E-state index in [-0.39, 0.29) is 0 Å². The lowest BCUT2D eigenvalue weighted by molar-refractivity contribution is 0.568. The smallest absolute Gasteiger partial charge is 0.0945 e. The monoisotopic (exact) mass is 277 g/mol. The third kappa shape index (κ3) is 4.69. The SMILES string of the molecule is Cc1ccc(CNCCCCn2ccnc2)cc1Cl. The lowest BCUT2D eigenvalue weighted by Crippen LogP contribution is -2.15. The number of aryl methyl sites for hydroxylation is 2. The van der Waals surface area contributed by atoms with E-state index in [0.29, 0.717) is 0 Å². The van der Waals surface area contributed by atoms with Gasteiger partial charge >= 0.3 is 0 Å². The van der Waals surface area contributed by atoms with Gasteiger partial charge in [-0.25, -0.2) is 4.98 Å². The van der Waals surface area contributed by atoms with Crippen LogP contribution in [0.2, 0.25) is 5.02 Å². The Bertz CT molecular complexity index is 494. The fraction of sp³-hybridized carbons (Fsp3) is 0.400. The molecule has 1 aromatic carbocycles. The number of rotatable bonds is 7. The molecule has 1 heterocycles. The van der Waals surface area contributed by atoms with Gasteiger partial charge in [-0.15, -0.1) is 0 Å². The van der Waals surface area contributed by atoms with E-state index in [1.54, 1.807) is 0 Å². The van der Waals surface area contributed by atoms with Crippen molar-refractivity contribution in [3.05, 3.63) is 53.1 Å². The number of aromatic nitrogens is 2. The molecule has 19 heavy (non-hydrogen) atoms. The van der Waals surface area contributed by atoms with Gasteiger partial charge in [0.05, 0.1) is 6.33 Å². The molecule has 0 aliphatic heterocycles. The maximum atomic E-state index is 6.10. The molecule has 102 valence electrons. The Kier molecular flexibility index (Phi) is 5.43. The van der Waals surface area contributed by atoms with Gasteiger partial charge in [0.2, 0.25) is 0 Å². The van der Waals surface area contributed by atoms with Gasteiger partial charge < -0.3 is 9.88 Å². The Hall–Kier alpha value is -1.32. The first-order chi connectivity index (χ1) is 9.25.